The van der Waals surface area contributed by atoms with Gasteiger partial charge in [-0.25, -0.2) is 9.97 Å². The lowest BCUT2D eigenvalue weighted by atomic mass is 9.89. The molecule has 0 saturated carbocycles. The van der Waals surface area contributed by atoms with Crippen molar-refractivity contribution in [2.45, 2.75) is 31.3 Å². The Kier molecular flexibility index (Phi) is 7.72. The van der Waals surface area contributed by atoms with Gasteiger partial charge in [-0.1, -0.05) is 60.7 Å². The monoisotopic (exact) mass is 561 g/mol. The summed E-state index contributed by atoms with van der Waals surface area (Å²) in [6.07, 6.45) is 15.6. The highest BCUT2D eigenvalue weighted by Crippen LogP contribution is 2.30. The molecule has 9 heteroatoms. The van der Waals surface area contributed by atoms with Gasteiger partial charge in [-0.2, -0.15) is 0 Å². The molecule has 3 aliphatic rings. The molecule has 4 N–H and O–H groups in total. The quantitative estimate of drug-likeness (QED) is 0.366. The minimum atomic E-state index is -0.327. The molecular weight excluding hydrogens is 526 g/mol. The van der Waals surface area contributed by atoms with Crippen molar-refractivity contribution < 1.29 is 9.59 Å². The van der Waals surface area contributed by atoms with Gasteiger partial charge in [-0.15, -0.1) is 0 Å². The molecule has 214 valence electrons. The number of amides is 2. The van der Waals surface area contributed by atoms with E-state index in [1.165, 1.54) is 12.4 Å². The third-order valence-corrected chi connectivity index (χ3v) is 8.37. The number of benzene rings is 2. The summed E-state index contributed by atoms with van der Waals surface area (Å²) in [5.74, 6) is 0.662. The number of nitrogen functional groups attached to an aromatic ring is 1. The molecular formula is C33H35N7O2. The lowest BCUT2D eigenvalue weighted by molar-refractivity contribution is -0.131. The molecule has 2 atom stereocenters. The fourth-order valence-electron chi connectivity index (χ4n) is 5.83. The van der Waals surface area contributed by atoms with Gasteiger partial charge < -0.3 is 26.2 Å². The topological polar surface area (TPSA) is 116 Å². The van der Waals surface area contributed by atoms with Gasteiger partial charge in [-0.3, -0.25) is 9.59 Å². The highest BCUT2D eigenvalue weighted by atomic mass is 16.2. The van der Waals surface area contributed by atoms with E-state index >= 15 is 0 Å². The molecule has 0 spiro atoms. The van der Waals surface area contributed by atoms with Crippen molar-refractivity contribution in [1.29, 1.82) is 0 Å². The molecule has 0 radical (unpaired) electrons. The van der Waals surface area contributed by atoms with Gasteiger partial charge in [0.25, 0.3) is 5.91 Å². The summed E-state index contributed by atoms with van der Waals surface area (Å²) in [5.41, 5.74) is 10.7. The lowest BCUT2D eigenvalue weighted by Gasteiger charge is -2.37. The smallest absolute Gasteiger partial charge is 0.258 e. The van der Waals surface area contributed by atoms with Gasteiger partial charge in [0.15, 0.2) is 0 Å². The number of nitrogens with one attached hydrogen (secondary N) is 2. The number of piperidine rings is 1. The number of nitrogens with two attached hydrogens (primary N) is 1. The van der Waals surface area contributed by atoms with Crippen LogP contribution in [0.15, 0.2) is 97.0 Å². The van der Waals surface area contributed by atoms with Crippen molar-refractivity contribution in [3.8, 4) is 11.1 Å². The number of aromatic nitrogens is 2. The van der Waals surface area contributed by atoms with E-state index in [0.717, 1.165) is 29.5 Å². The Hall–Kier alpha value is -4.92. The van der Waals surface area contributed by atoms with E-state index in [1.807, 2.05) is 71.6 Å². The van der Waals surface area contributed by atoms with Crippen LogP contribution in [0.3, 0.4) is 0 Å². The third kappa shape index (κ3) is 5.76. The Morgan fingerprint density at radius 2 is 1.76 bits per heavy atom. The number of carbonyl (C=O) groups is 2. The fourth-order valence-corrected chi connectivity index (χ4v) is 5.83. The number of anilines is 3. The van der Waals surface area contributed by atoms with Gasteiger partial charge in [0.1, 0.15) is 0 Å². The molecule has 3 heterocycles. The van der Waals surface area contributed by atoms with Gasteiger partial charge in [0, 0.05) is 44.5 Å². The Balaban J connectivity index is 1.02. The lowest BCUT2D eigenvalue weighted by Crippen LogP contribution is -2.46. The first-order chi connectivity index (χ1) is 20.5. The summed E-state index contributed by atoms with van der Waals surface area (Å²) in [6, 6.07) is 16.0. The van der Waals surface area contributed by atoms with Crippen molar-refractivity contribution >= 4 is 29.1 Å². The molecule has 2 aromatic carbocycles. The zero-order chi connectivity index (χ0) is 29.1. The van der Waals surface area contributed by atoms with Crippen LogP contribution in [0.2, 0.25) is 0 Å². The normalized spacial score (nSPS) is 19.5. The van der Waals surface area contributed by atoms with Crippen LogP contribution in [0, 0.1) is 5.92 Å². The van der Waals surface area contributed by atoms with E-state index in [4.69, 9.17) is 5.73 Å². The molecule has 0 bridgehead atoms. The van der Waals surface area contributed by atoms with Crippen LogP contribution < -0.4 is 21.3 Å². The molecule has 1 aliphatic carbocycles. The van der Waals surface area contributed by atoms with E-state index < -0.39 is 0 Å². The molecule has 2 unspecified atom stereocenters. The van der Waals surface area contributed by atoms with Gasteiger partial charge in [0.05, 0.1) is 29.4 Å². The van der Waals surface area contributed by atoms with Crippen molar-refractivity contribution in [2.24, 2.45) is 5.92 Å². The third-order valence-electron chi connectivity index (χ3n) is 8.37. The second-order valence-electron chi connectivity index (χ2n) is 11.0. The van der Waals surface area contributed by atoms with Crippen molar-refractivity contribution in [2.75, 3.05) is 36.1 Å². The molecule has 1 saturated heterocycles. The van der Waals surface area contributed by atoms with Crippen LogP contribution in [0.5, 0.6) is 0 Å². The van der Waals surface area contributed by atoms with E-state index in [9.17, 15) is 9.59 Å². The highest BCUT2D eigenvalue weighted by molar-refractivity contribution is 6.05. The zero-order valence-electron chi connectivity index (χ0n) is 23.6. The summed E-state index contributed by atoms with van der Waals surface area (Å²) in [7, 11) is 1.96. The van der Waals surface area contributed by atoms with E-state index in [0.29, 0.717) is 42.4 Å². The summed E-state index contributed by atoms with van der Waals surface area (Å²) >= 11 is 0. The number of nitrogens with zero attached hydrogens (tertiary/aromatic N) is 4. The maximum atomic E-state index is 13.1. The second-order valence-corrected chi connectivity index (χ2v) is 11.0. The maximum Gasteiger partial charge on any atom is 0.258 e. The van der Waals surface area contributed by atoms with Crippen LogP contribution >= 0.6 is 0 Å². The number of hydrogen-bond donors (Lipinski definition) is 3. The van der Waals surface area contributed by atoms with Gasteiger partial charge in [-0.05, 0) is 47.9 Å². The Bertz CT molecular complexity index is 1540. The first kappa shape index (κ1) is 27.3. The zero-order valence-corrected chi connectivity index (χ0v) is 23.6. The average Bonchev–Trinajstić information content (AvgIpc) is 3.45. The van der Waals surface area contributed by atoms with Crippen LogP contribution in [0.4, 0.5) is 17.3 Å². The average molecular weight is 562 g/mol. The summed E-state index contributed by atoms with van der Waals surface area (Å²) in [4.78, 5) is 39.0. The van der Waals surface area contributed by atoms with Crippen LogP contribution in [-0.4, -0.2) is 58.9 Å². The number of likely N-dealkylation sites (tertiary alicyclic amines) is 1. The summed E-state index contributed by atoms with van der Waals surface area (Å²) < 4.78 is 0. The molecule has 42 heavy (non-hydrogen) atoms. The minimum Gasteiger partial charge on any atom is -0.397 e. The first-order valence-electron chi connectivity index (χ1n) is 14.3. The Morgan fingerprint density at radius 3 is 2.52 bits per heavy atom. The first-order valence-corrected chi connectivity index (χ1v) is 14.3. The molecule has 1 fully saturated rings. The number of hydrogen-bond acceptors (Lipinski definition) is 7. The second kappa shape index (κ2) is 11.9. The Morgan fingerprint density at radius 1 is 1.02 bits per heavy atom. The summed E-state index contributed by atoms with van der Waals surface area (Å²) in [6.45, 7) is 1.39. The van der Waals surface area contributed by atoms with Gasteiger partial charge in [0.2, 0.25) is 11.9 Å². The predicted octanol–water partition coefficient (Wildman–Crippen LogP) is 4.39. The van der Waals surface area contributed by atoms with Gasteiger partial charge >= 0.3 is 0 Å². The van der Waals surface area contributed by atoms with Crippen LogP contribution in [0.1, 0.15) is 29.6 Å². The summed E-state index contributed by atoms with van der Waals surface area (Å²) in [5, 5.41) is 6.26. The van der Waals surface area contributed by atoms with E-state index in [1.54, 1.807) is 6.07 Å². The largest absolute Gasteiger partial charge is 0.397 e. The molecule has 1 aromatic heterocycles. The SMILES string of the molecule is CN(c1ncc(C(=O)Nc2cc(-c3ccccc3)ccc2N)cn1)C1CCN(C(=O)CC2=CNC3C=CC=CC23)CC1. The Labute approximate surface area is 245 Å². The standard InChI is InChI=1S/C33H35N7O2/c1-39(26-13-15-40(16-14-26)31(41)18-24-19-35-29-10-6-5-9-27(24)29)33-36-20-25(21-37-33)32(42)38-30-17-23(11-12-28(30)34)22-7-3-2-4-8-22/h2-12,17,19-21,26-27,29,35H,13-16,18,34H2,1H3,(H,38,42). The molecule has 2 amide bonds. The number of allylic oxidation sites excluding steroid dienone is 2. The van der Waals surface area contributed by atoms with Crippen LogP contribution in [-0.2, 0) is 4.79 Å². The van der Waals surface area contributed by atoms with Crippen LogP contribution in [0.25, 0.3) is 11.1 Å². The maximum absolute atomic E-state index is 13.1. The highest BCUT2D eigenvalue weighted by Gasteiger charge is 2.31. The molecule has 6 rings (SSSR count). The van der Waals surface area contributed by atoms with E-state index in [2.05, 4.69) is 38.8 Å². The molecule has 2 aliphatic heterocycles. The predicted molar refractivity (Wildman–Crippen MR) is 166 cm³/mol. The van der Waals surface area contributed by atoms with E-state index in [-0.39, 0.29) is 29.8 Å². The minimum absolute atomic E-state index is 0.175. The number of fused-ring (bicyclic) bond motifs is 1. The van der Waals surface area contributed by atoms with Crippen molar-refractivity contribution in [3.05, 3.63) is 103 Å². The number of carbonyl (C=O) groups excluding carboxylic acids is 2. The van der Waals surface area contributed by atoms with Crippen molar-refractivity contribution in [3.63, 3.8) is 0 Å². The number of rotatable bonds is 7. The fraction of sp³-hybridized carbons (Fsp3) is 0.273. The molecule has 9 nitrogen and oxygen atoms in total. The molecule has 3 aromatic rings. The van der Waals surface area contributed by atoms with Crippen molar-refractivity contribution in [1.82, 2.24) is 20.2 Å².